The molecule has 1 heteroatoms. The summed E-state index contributed by atoms with van der Waals surface area (Å²) >= 11 is 0. The van der Waals surface area contributed by atoms with Crippen LogP contribution in [0.5, 0.6) is 0 Å². The minimum atomic E-state index is 0. The van der Waals surface area contributed by atoms with Crippen LogP contribution in [0.1, 0.15) is 35.0 Å². The van der Waals surface area contributed by atoms with Crippen LogP contribution in [0.2, 0.25) is 0 Å². The zero-order valence-electron chi connectivity index (χ0n) is 6.24. The predicted octanol–water partition coefficient (Wildman–Crippen LogP) is 1.79. The largest absolute Gasteiger partial charge is 2.00 e. The standard InChI is InChI=1S/C5H10.Mg.2H/c1-2-4-5-3-1;;;/h1-5H2;;;/q;+2;2*-1. The third kappa shape index (κ3) is 2.03. The van der Waals surface area contributed by atoms with Gasteiger partial charge in [-0.05, 0) is 0 Å². The minimum absolute atomic E-state index is 0. The van der Waals surface area contributed by atoms with E-state index in [1.54, 1.807) is 0 Å². The van der Waals surface area contributed by atoms with Gasteiger partial charge in [0, 0.05) is 0 Å². The molecule has 0 aromatic carbocycles. The van der Waals surface area contributed by atoms with Crippen LogP contribution < -0.4 is 0 Å². The fourth-order valence-corrected chi connectivity index (χ4v) is 0.884. The summed E-state index contributed by atoms with van der Waals surface area (Å²) < 4.78 is 0. The molecular weight excluding hydrogens is 84.4 g/mol. The molecule has 0 aromatic heterocycles. The Morgan fingerprint density at radius 2 is 0.833 bits per heavy atom. The van der Waals surface area contributed by atoms with Crippen molar-refractivity contribution in [3.63, 3.8) is 0 Å². The second-order valence-corrected chi connectivity index (χ2v) is 1.77. The zero-order valence-corrected chi connectivity index (χ0v) is 5.66. The Morgan fingerprint density at radius 1 is 0.667 bits per heavy atom. The molecule has 1 aliphatic carbocycles. The van der Waals surface area contributed by atoms with Gasteiger partial charge in [-0.1, -0.05) is 32.1 Å². The van der Waals surface area contributed by atoms with Gasteiger partial charge in [-0.15, -0.1) is 0 Å². The van der Waals surface area contributed by atoms with Gasteiger partial charge in [0.05, 0.1) is 0 Å². The van der Waals surface area contributed by atoms with E-state index in [0.717, 1.165) is 0 Å². The molecule has 0 heterocycles. The van der Waals surface area contributed by atoms with Crippen LogP contribution >= 0.6 is 0 Å². The quantitative estimate of drug-likeness (QED) is 0.404. The summed E-state index contributed by atoms with van der Waals surface area (Å²) in [6.07, 6.45) is 7.50. The molecule has 0 atom stereocenters. The van der Waals surface area contributed by atoms with Crippen LogP contribution in [0.15, 0.2) is 0 Å². The average Bonchev–Trinajstić information content (AvgIpc) is 1.76. The summed E-state index contributed by atoms with van der Waals surface area (Å²) in [5.74, 6) is 0. The molecule has 34 valence electrons. The Labute approximate surface area is 58.4 Å². The third-order valence-corrected chi connectivity index (χ3v) is 1.25. The van der Waals surface area contributed by atoms with E-state index in [1.165, 1.54) is 32.1 Å². The Morgan fingerprint density at radius 3 is 1.00 bits per heavy atom. The van der Waals surface area contributed by atoms with E-state index in [-0.39, 0.29) is 25.9 Å². The molecular formula is C5H12Mg. The number of hydrogen-bond donors (Lipinski definition) is 0. The maximum Gasteiger partial charge on any atom is 2.00 e. The van der Waals surface area contributed by atoms with Gasteiger partial charge in [-0.2, -0.15) is 0 Å². The summed E-state index contributed by atoms with van der Waals surface area (Å²) in [4.78, 5) is 0. The first-order chi connectivity index (χ1) is 2.50. The van der Waals surface area contributed by atoms with Crippen molar-refractivity contribution in [2.24, 2.45) is 0 Å². The average molecular weight is 96.5 g/mol. The molecule has 1 aliphatic rings. The van der Waals surface area contributed by atoms with Gasteiger partial charge in [-0.25, -0.2) is 0 Å². The van der Waals surface area contributed by atoms with Crippen LogP contribution in [0.3, 0.4) is 0 Å². The van der Waals surface area contributed by atoms with Crippen molar-refractivity contribution in [1.29, 1.82) is 0 Å². The molecule has 0 radical (unpaired) electrons. The van der Waals surface area contributed by atoms with Gasteiger partial charge in [-0.3, -0.25) is 0 Å². The molecule has 0 aliphatic heterocycles. The number of rotatable bonds is 0. The maximum atomic E-state index is 1.50. The van der Waals surface area contributed by atoms with Crippen molar-refractivity contribution in [3.8, 4) is 0 Å². The van der Waals surface area contributed by atoms with Gasteiger partial charge in [0.25, 0.3) is 0 Å². The summed E-state index contributed by atoms with van der Waals surface area (Å²) in [5.41, 5.74) is 0. The van der Waals surface area contributed by atoms with Crippen LogP contribution in [0.4, 0.5) is 0 Å². The van der Waals surface area contributed by atoms with E-state index in [4.69, 9.17) is 0 Å². The molecule has 1 fully saturated rings. The Bertz CT molecular complexity index is 22.0. The molecule has 0 bridgehead atoms. The topological polar surface area (TPSA) is 0 Å². The van der Waals surface area contributed by atoms with Gasteiger partial charge in [0.15, 0.2) is 0 Å². The minimum Gasteiger partial charge on any atom is -1.00 e. The first-order valence-electron chi connectivity index (χ1n) is 2.50. The van der Waals surface area contributed by atoms with Crippen molar-refractivity contribution >= 4 is 23.1 Å². The zero-order chi connectivity index (χ0) is 3.54. The molecule has 1 saturated carbocycles. The van der Waals surface area contributed by atoms with Crippen LogP contribution in [-0.2, 0) is 0 Å². The van der Waals surface area contributed by atoms with Gasteiger partial charge >= 0.3 is 23.1 Å². The fraction of sp³-hybridized carbons (Fsp3) is 1.00. The first-order valence-corrected chi connectivity index (χ1v) is 2.50. The second kappa shape index (κ2) is 3.94. The van der Waals surface area contributed by atoms with Crippen molar-refractivity contribution in [2.45, 2.75) is 32.1 Å². The van der Waals surface area contributed by atoms with Crippen LogP contribution in [0, 0.1) is 0 Å². The molecule has 0 amide bonds. The second-order valence-electron chi connectivity index (χ2n) is 1.77. The van der Waals surface area contributed by atoms with Crippen molar-refractivity contribution in [3.05, 3.63) is 0 Å². The van der Waals surface area contributed by atoms with Gasteiger partial charge in [0.2, 0.25) is 0 Å². The van der Waals surface area contributed by atoms with E-state index in [2.05, 4.69) is 0 Å². The van der Waals surface area contributed by atoms with Gasteiger partial charge < -0.3 is 2.85 Å². The summed E-state index contributed by atoms with van der Waals surface area (Å²) in [5, 5.41) is 0. The SMILES string of the molecule is C1CCCC1.[H-].[H-].[Mg+2]. The molecule has 1 rings (SSSR count). The molecule has 0 saturated heterocycles. The summed E-state index contributed by atoms with van der Waals surface area (Å²) in [6, 6.07) is 0. The van der Waals surface area contributed by atoms with E-state index in [0.29, 0.717) is 0 Å². The first kappa shape index (κ1) is 6.77. The van der Waals surface area contributed by atoms with E-state index >= 15 is 0 Å². The van der Waals surface area contributed by atoms with Crippen molar-refractivity contribution in [2.75, 3.05) is 0 Å². The van der Waals surface area contributed by atoms with E-state index in [9.17, 15) is 0 Å². The monoisotopic (exact) mass is 96.1 g/mol. The summed E-state index contributed by atoms with van der Waals surface area (Å²) in [6.45, 7) is 0. The molecule has 0 N–H and O–H groups in total. The van der Waals surface area contributed by atoms with Crippen LogP contribution in [0.25, 0.3) is 0 Å². The van der Waals surface area contributed by atoms with Crippen molar-refractivity contribution in [1.82, 2.24) is 0 Å². The summed E-state index contributed by atoms with van der Waals surface area (Å²) in [7, 11) is 0. The predicted molar refractivity (Wildman–Crippen MR) is 31.1 cm³/mol. The third-order valence-electron chi connectivity index (χ3n) is 1.25. The van der Waals surface area contributed by atoms with Gasteiger partial charge in [0.1, 0.15) is 0 Å². The molecule has 6 heavy (non-hydrogen) atoms. The molecule has 0 unspecified atom stereocenters. The van der Waals surface area contributed by atoms with E-state index in [1.807, 2.05) is 0 Å². The maximum absolute atomic E-state index is 1.50. The number of hydrogen-bond acceptors (Lipinski definition) is 0. The smallest absolute Gasteiger partial charge is 1.00 e. The Kier molecular flexibility index (Phi) is 4.44. The molecule has 0 spiro atoms. The van der Waals surface area contributed by atoms with Crippen LogP contribution in [-0.4, -0.2) is 23.1 Å². The fourth-order valence-electron chi connectivity index (χ4n) is 0.884. The Hall–Kier alpha value is 0.766. The Balaban J connectivity index is -0.0000000833. The normalized spacial score (nSPS) is 20.0. The van der Waals surface area contributed by atoms with E-state index < -0.39 is 0 Å². The van der Waals surface area contributed by atoms with Crippen molar-refractivity contribution < 1.29 is 2.85 Å². The molecule has 0 aromatic rings. The molecule has 0 nitrogen and oxygen atoms in total.